The van der Waals surface area contributed by atoms with Crippen LogP contribution in [0.15, 0.2) is 54.6 Å². The fourth-order valence-corrected chi connectivity index (χ4v) is 4.82. The molecule has 1 aliphatic heterocycles. The van der Waals surface area contributed by atoms with Crippen LogP contribution in [0, 0.1) is 0 Å². The van der Waals surface area contributed by atoms with E-state index in [4.69, 9.17) is 4.74 Å². The summed E-state index contributed by atoms with van der Waals surface area (Å²) in [5, 5.41) is 3.77. The van der Waals surface area contributed by atoms with Crippen molar-refractivity contribution in [2.75, 3.05) is 37.7 Å². The number of rotatable bonds is 4. The number of hydrogen-bond acceptors (Lipinski definition) is 5. The highest BCUT2D eigenvalue weighted by Crippen LogP contribution is 2.29. The lowest BCUT2D eigenvalue weighted by atomic mass is 9.97. The number of carbonyl (C=O) groups is 1. The number of ether oxygens (including phenoxy) is 1. The van der Waals surface area contributed by atoms with Crippen molar-refractivity contribution in [3.8, 4) is 0 Å². The second-order valence-corrected chi connectivity index (χ2v) is 9.13. The zero-order valence-electron chi connectivity index (χ0n) is 14.9. The summed E-state index contributed by atoms with van der Waals surface area (Å²) in [5.41, 5.74) is 0.588. The Balaban J connectivity index is 1.53. The Kier molecular flexibility index (Phi) is 4.85. The summed E-state index contributed by atoms with van der Waals surface area (Å²) in [6.45, 7) is 1.79. The molecule has 3 aromatic rings. The van der Waals surface area contributed by atoms with Gasteiger partial charge in [0.15, 0.2) is 9.84 Å². The molecule has 5 nitrogen and oxygen atoms in total. The molecule has 3 aromatic carbocycles. The smallest absolute Gasteiger partial charge is 0.339 e. The zero-order chi connectivity index (χ0) is 18.9. The summed E-state index contributed by atoms with van der Waals surface area (Å²) in [6, 6.07) is 17.7. The Labute approximate surface area is 158 Å². The van der Waals surface area contributed by atoms with Gasteiger partial charge in [-0.25, -0.2) is 13.2 Å². The Morgan fingerprint density at radius 1 is 0.926 bits per heavy atom. The molecule has 1 heterocycles. The van der Waals surface area contributed by atoms with Crippen molar-refractivity contribution in [3.05, 3.63) is 60.2 Å². The topological polar surface area (TPSA) is 63.7 Å². The van der Waals surface area contributed by atoms with Gasteiger partial charge in [-0.3, -0.25) is 4.90 Å². The number of carbonyl (C=O) groups excluding carboxylic acids is 1. The van der Waals surface area contributed by atoms with E-state index in [-0.39, 0.29) is 24.1 Å². The van der Waals surface area contributed by atoms with Gasteiger partial charge in [0.25, 0.3) is 0 Å². The zero-order valence-corrected chi connectivity index (χ0v) is 15.7. The van der Waals surface area contributed by atoms with Crippen molar-refractivity contribution in [1.82, 2.24) is 4.90 Å². The van der Waals surface area contributed by atoms with E-state index in [0.29, 0.717) is 25.2 Å². The largest absolute Gasteiger partial charge is 0.461 e. The van der Waals surface area contributed by atoms with E-state index in [1.807, 2.05) is 53.4 Å². The molecule has 140 valence electrons. The fourth-order valence-electron chi connectivity index (χ4n) is 3.55. The average Bonchev–Trinajstić information content (AvgIpc) is 2.67. The number of esters is 1. The molecular formula is C21H21NO4S. The maximum Gasteiger partial charge on any atom is 0.339 e. The first-order valence-corrected chi connectivity index (χ1v) is 10.9. The third-order valence-corrected chi connectivity index (χ3v) is 6.66. The van der Waals surface area contributed by atoms with Gasteiger partial charge in [-0.05, 0) is 27.6 Å². The van der Waals surface area contributed by atoms with E-state index in [0.717, 1.165) is 21.5 Å². The predicted molar refractivity (Wildman–Crippen MR) is 107 cm³/mol. The molecule has 0 bridgehead atoms. The molecular weight excluding hydrogens is 362 g/mol. The van der Waals surface area contributed by atoms with Gasteiger partial charge in [-0.15, -0.1) is 0 Å². The lowest BCUT2D eigenvalue weighted by Crippen LogP contribution is -2.41. The normalized spacial score (nSPS) is 17.2. The second-order valence-electron chi connectivity index (χ2n) is 6.82. The third-order valence-electron chi connectivity index (χ3n) is 5.05. The van der Waals surface area contributed by atoms with Gasteiger partial charge in [0.1, 0.15) is 6.61 Å². The minimum atomic E-state index is -2.90. The van der Waals surface area contributed by atoms with E-state index in [2.05, 4.69) is 6.07 Å². The Bertz CT molecular complexity index is 1040. The molecule has 0 saturated carbocycles. The van der Waals surface area contributed by atoms with E-state index < -0.39 is 9.84 Å². The van der Waals surface area contributed by atoms with Crippen LogP contribution >= 0.6 is 0 Å². The molecule has 0 aromatic heterocycles. The summed E-state index contributed by atoms with van der Waals surface area (Å²) in [4.78, 5) is 14.9. The number of fused-ring (bicyclic) bond motifs is 2. The van der Waals surface area contributed by atoms with E-state index in [9.17, 15) is 13.2 Å². The number of benzene rings is 3. The summed E-state index contributed by atoms with van der Waals surface area (Å²) >= 11 is 0. The molecule has 0 amide bonds. The Morgan fingerprint density at radius 3 is 2.07 bits per heavy atom. The second kappa shape index (κ2) is 7.29. The van der Waals surface area contributed by atoms with Crippen molar-refractivity contribution in [2.24, 2.45) is 0 Å². The third kappa shape index (κ3) is 3.82. The minimum absolute atomic E-state index is 0.176. The molecule has 0 radical (unpaired) electrons. The molecule has 1 saturated heterocycles. The highest BCUT2D eigenvalue weighted by atomic mass is 32.2. The highest BCUT2D eigenvalue weighted by molar-refractivity contribution is 7.91. The standard InChI is InChI=1S/C21H21NO4S/c23-21(26-12-9-22-10-13-27(24,25)14-11-22)20-18-7-3-1-5-16(18)15-17-6-2-4-8-19(17)20/h1-8,15H,9-14H2. The first-order valence-electron chi connectivity index (χ1n) is 9.04. The van der Waals surface area contributed by atoms with Crippen LogP contribution in [0.3, 0.4) is 0 Å². The minimum Gasteiger partial charge on any atom is -0.461 e. The van der Waals surface area contributed by atoms with Crippen LogP contribution in [0.1, 0.15) is 10.4 Å². The Hall–Kier alpha value is -2.44. The van der Waals surface area contributed by atoms with Crippen LogP contribution in [0.2, 0.25) is 0 Å². The molecule has 4 rings (SSSR count). The van der Waals surface area contributed by atoms with Crippen LogP contribution in [-0.2, 0) is 14.6 Å². The van der Waals surface area contributed by atoms with Crippen molar-refractivity contribution in [2.45, 2.75) is 0 Å². The first-order chi connectivity index (χ1) is 13.0. The van der Waals surface area contributed by atoms with Crippen molar-refractivity contribution in [3.63, 3.8) is 0 Å². The summed E-state index contributed by atoms with van der Waals surface area (Å²) in [7, 11) is -2.90. The van der Waals surface area contributed by atoms with Crippen LogP contribution in [-0.4, -0.2) is 57.0 Å². The lowest BCUT2D eigenvalue weighted by Gasteiger charge is -2.26. The predicted octanol–water partition coefficient (Wildman–Crippen LogP) is 2.88. The van der Waals surface area contributed by atoms with Crippen LogP contribution in [0.5, 0.6) is 0 Å². The molecule has 0 N–H and O–H groups in total. The Morgan fingerprint density at radius 2 is 1.48 bits per heavy atom. The van der Waals surface area contributed by atoms with Gasteiger partial charge in [0, 0.05) is 19.6 Å². The summed E-state index contributed by atoms with van der Waals surface area (Å²) in [5.74, 6) is 0.0108. The van der Waals surface area contributed by atoms with E-state index in [1.165, 1.54) is 0 Å². The van der Waals surface area contributed by atoms with Gasteiger partial charge in [0.05, 0.1) is 17.1 Å². The maximum atomic E-state index is 12.9. The first kappa shape index (κ1) is 17.9. The highest BCUT2D eigenvalue weighted by Gasteiger charge is 2.22. The van der Waals surface area contributed by atoms with Gasteiger partial charge in [-0.2, -0.15) is 0 Å². The summed E-state index contributed by atoms with van der Waals surface area (Å²) in [6.07, 6.45) is 0. The van der Waals surface area contributed by atoms with E-state index >= 15 is 0 Å². The fraction of sp³-hybridized carbons (Fsp3) is 0.286. The van der Waals surface area contributed by atoms with Crippen LogP contribution in [0.25, 0.3) is 21.5 Å². The van der Waals surface area contributed by atoms with E-state index in [1.54, 1.807) is 0 Å². The SMILES string of the molecule is O=C(OCCN1CCS(=O)(=O)CC1)c1c2ccccc2cc2ccccc12. The van der Waals surface area contributed by atoms with Crippen LogP contribution < -0.4 is 0 Å². The van der Waals surface area contributed by atoms with Crippen LogP contribution in [0.4, 0.5) is 0 Å². The summed E-state index contributed by atoms with van der Waals surface area (Å²) < 4.78 is 28.6. The average molecular weight is 383 g/mol. The maximum absolute atomic E-state index is 12.9. The van der Waals surface area contributed by atoms with Gasteiger partial charge in [0.2, 0.25) is 0 Å². The van der Waals surface area contributed by atoms with Gasteiger partial charge in [-0.1, -0.05) is 48.5 Å². The molecule has 27 heavy (non-hydrogen) atoms. The molecule has 6 heteroatoms. The number of nitrogens with zero attached hydrogens (tertiary/aromatic N) is 1. The monoisotopic (exact) mass is 383 g/mol. The van der Waals surface area contributed by atoms with Crippen molar-refractivity contribution in [1.29, 1.82) is 0 Å². The van der Waals surface area contributed by atoms with Crippen molar-refractivity contribution < 1.29 is 17.9 Å². The van der Waals surface area contributed by atoms with Gasteiger partial charge < -0.3 is 4.74 Å². The number of hydrogen-bond donors (Lipinski definition) is 0. The quantitative estimate of drug-likeness (QED) is 0.512. The lowest BCUT2D eigenvalue weighted by molar-refractivity contribution is 0.0470. The molecule has 0 spiro atoms. The molecule has 1 fully saturated rings. The number of sulfone groups is 1. The van der Waals surface area contributed by atoms with Gasteiger partial charge >= 0.3 is 5.97 Å². The molecule has 1 aliphatic rings. The molecule has 0 aliphatic carbocycles. The molecule has 0 unspecified atom stereocenters. The molecule has 0 atom stereocenters. The van der Waals surface area contributed by atoms with Crippen molar-refractivity contribution >= 4 is 37.4 Å².